The van der Waals surface area contributed by atoms with E-state index < -0.39 is 6.10 Å². The Morgan fingerprint density at radius 3 is 3.07 bits per heavy atom. The van der Waals surface area contributed by atoms with Gasteiger partial charge < -0.3 is 9.84 Å². The molecule has 1 saturated heterocycles. The molecule has 2 atom stereocenters. The molecule has 0 spiro atoms. The number of nitrogens with zero attached hydrogens (tertiary/aromatic N) is 3. The maximum Gasteiger partial charge on any atom is 0.158 e. The summed E-state index contributed by atoms with van der Waals surface area (Å²) in [5.41, 5.74) is 0. The van der Waals surface area contributed by atoms with Crippen molar-refractivity contribution in [1.82, 2.24) is 14.8 Å². The van der Waals surface area contributed by atoms with Crippen molar-refractivity contribution in [1.29, 1.82) is 0 Å². The van der Waals surface area contributed by atoms with Crippen molar-refractivity contribution >= 4 is 0 Å². The molecule has 2 unspecified atom stereocenters. The highest BCUT2D eigenvalue weighted by Crippen LogP contribution is 2.24. The Labute approximate surface area is 82.7 Å². The molecule has 2 rings (SSSR count). The third-order valence-corrected chi connectivity index (χ3v) is 2.58. The number of aryl methyl sites for hydroxylation is 1. The predicted octanol–water partition coefficient (Wildman–Crippen LogP) is 0.418. The summed E-state index contributed by atoms with van der Waals surface area (Å²) in [5.74, 6) is 0.580. The third kappa shape index (κ3) is 1.78. The van der Waals surface area contributed by atoms with Crippen LogP contribution < -0.4 is 0 Å². The van der Waals surface area contributed by atoms with Gasteiger partial charge in [-0.1, -0.05) is 0 Å². The zero-order valence-corrected chi connectivity index (χ0v) is 8.26. The Kier molecular flexibility index (Phi) is 2.79. The second-order valence-electron chi connectivity index (χ2n) is 3.59. The number of ether oxygens (including phenoxy) is 1. The second-order valence-corrected chi connectivity index (χ2v) is 3.59. The number of hydrogen-bond acceptors (Lipinski definition) is 4. The van der Waals surface area contributed by atoms with Crippen LogP contribution in [-0.2, 0) is 11.8 Å². The Morgan fingerprint density at radius 1 is 1.64 bits per heavy atom. The van der Waals surface area contributed by atoms with Gasteiger partial charge in [0.1, 0.15) is 12.4 Å². The van der Waals surface area contributed by atoms with Gasteiger partial charge in [-0.15, -0.1) is 0 Å². The number of rotatable bonds is 2. The molecule has 0 saturated carbocycles. The zero-order valence-electron chi connectivity index (χ0n) is 8.26. The molecule has 78 valence electrons. The molecule has 5 heteroatoms. The molecule has 1 aliphatic rings. The van der Waals surface area contributed by atoms with Crippen LogP contribution >= 0.6 is 0 Å². The summed E-state index contributed by atoms with van der Waals surface area (Å²) >= 11 is 0. The summed E-state index contributed by atoms with van der Waals surface area (Å²) in [7, 11) is 1.77. The summed E-state index contributed by atoms with van der Waals surface area (Å²) in [6.07, 6.45) is 3.77. The average Bonchev–Trinajstić information content (AvgIpc) is 2.65. The van der Waals surface area contributed by atoms with E-state index >= 15 is 0 Å². The Bertz CT molecular complexity index is 294. The standard InChI is InChI=1S/C9H15N3O2/c1-12-9(10-6-11-12)8(13)7-4-2-3-5-14-7/h6-8,13H,2-5H2,1H3. The van der Waals surface area contributed by atoms with E-state index in [0.29, 0.717) is 5.82 Å². The van der Waals surface area contributed by atoms with Gasteiger partial charge in [0.2, 0.25) is 0 Å². The Hall–Kier alpha value is -0.940. The monoisotopic (exact) mass is 197 g/mol. The molecule has 1 aliphatic heterocycles. The molecule has 0 aliphatic carbocycles. The smallest absolute Gasteiger partial charge is 0.158 e. The van der Waals surface area contributed by atoms with Crippen LogP contribution in [0.4, 0.5) is 0 Å². The molecular weight excluding hydrogens is 182 g/mol. The summed E-state index contributed by atoms with van der Waals surface area (Å²) in [4.78, 5) is 4.01. The van der Waals surface area contributed by atoms with E-state index in [2.05, 4.69) is 10.1 Å². The van der Waals surface area contributed by atoms with Gasteiger partial charge in [-0.3, -0.25) is 4.68 Å². The van der Waals surface area contributed by atoms with E-state index in [1.165, 1.54) is 6.33 Å². The molecule has 0 aromatic carbocycles. The lowest BCUT2D eigenvalue weighted by Crippen LogP contribution is -2.28. The highest BCUT2D eigenvalue weighted by atomic mass is 16.5. The fourth-order valence-electron chi connectivity index (χ4n) is 1.75. The van der Waals surface area contributed by atoms with Gasteiger partial charge in [-0.25, -0.2) is 4.98 Å². The number of aliphatic hydroxyl groups excluding tert-OH is 1. The summed E-state index contributed by atoms with van der Waals surface area (Å²) < 4.78 is 7.07. The molecule has 1 N–H and O–H groups in total. The van der Waals surface area contributed by atoms with Crippen LogP contribution in [0.25, 0.3) is 0 Å². The van der Waals surface area contributed by atoms with Crippen molar-refractivity contribution in [2.24, 2.45) is 7.05 Å². The molecule has 0 radical (unpaired) electrons. The molecule has 5 nitrogen and oxygen atoms in total. The van der Waals surface area contributed by atoms with Gasteiger partial charge in [0, 0.05) is 13.7 Å². The summed E-state index contributed by atoms with van der Waals surface area (Å²) in [6, 6.07) is 0. The van der Waals surface area contributed by atoms with Gasteiger partial charge in [0.15, 0.2) is 5.82 Å². The lowest BCUT2D eigenvalue weighted by Gasteiger charge is -2.26. The predicted molar refractivity (Wildman–Crippen MR) is 49.6 cm³/mol. The van der Waals surface area contributed by atoms with E-state index in [9.17, 15) is 5.11 Å². The zero-order chi connectivity index (χ0) is 9.97. The fourth-order valence-corrected chi connectivity index (χ4v) is 1.75. The lowest BCUT2D eigenvalue weighted by atomic mass is 10.0. The topological polar surface area (TPSA) is 60.2 Å². The van der Waals surface area contributed by atoms with Crippen LogP contribution in [0.3, 0.4) is 0 Å². The molecule has 0 bridgehead atoms. The highest BCUT2D eigenvalue weighted by molar-refractivity contribution is 4.93. The quantitative estimate of drug-likeness (QED) is 0.746. The third-order valence-electron chi connectivity index (χ3n) is 2.58. The van der Waals surface area contributed by atoms with E-state index in [1.807, 2.05) is 0 Å². The molecule has 0 amide bonds. The van der Waals surface area contributed by atoms with Crippen LogP contribution in [0.5, 0.6) is 0 Å². The number of hydrogen-bond donors (Lipinski definition) is 1. The maximum absolute atomic E-state index is 9.97. The largest absolute Gasteiger partial charge is 0.382 e. The maximum atomic E-state index is 9.97. The van der Waals surface area contributed by atoms with Gasteiger partial charge in [0.25, 0.3) is 0 Å². The lowest BCUT2D eigenvalue weighted by molar-refractivity contribution is -0.0675. The van der Waals surface area contributed by atoms with Crippen LogP contribution in [0, 0.1) is 0 Å². The minimum atomic E-state index is -0.650. The van der Waals surface area contributed by atoms with Crippen molar-refractivity contribution < 1.29 is 9.84 Å². The Balaban J connectivity index is 2.07. The fraction of sp³-hybridized carbons (Fsp3) is 0.778. The first-order valence-electron chi connectivity index (χ1n) is 4.92. The first-order chi connectivity index (χ1) is 6.79. The molecule has 1 fully saturated rings. The first-order valence-corrected chi connectivity index (χ1v) is 4.92. The van der Waals surface area contributed by atoms with Crippen LogP contribution in [0.1, 0.15) is 31.2 Å². The van der Waals surface area contributed by atoms with E-state index in [0.717, 1.165) is 25.9 Å². The van der Waals surface area contributed by atoms with Crippen molar-refractivity contribution in [3.05, 3.63) is 12.2 Å². The SMILES string of the molecule is Cn1ncnc1C(O)C1CCCCO1. The Morgan fingerprint density at radius 2 is 2.50 bits per heavy atom. The normalized spacial score (nSPS) is 24.9. The molecule has 2 heterocycles. The minimum Gasteiger partial charge on any atom is -0.382 e. The van der Waals surface area contributed by atoms with Gasteiger partial charge in [-0.2, -0.15) is 5.10 Å². The number of aromatic nitrogens is 3. The van der Waals surface area contributed by atoms with E-state index in [-0.39, 0.29) is 6.10 Å². The molecule has 14 heavy (non-hydrogen) atoms. The van der Waals surface area contributed by atoms with Crippen LogP contribution in [0.15, 0.2) is 6.33 Å². The molecular formula is C9H15N3O2. The second kappa shape index (κ2) is 4.06. The first kappa shape index (κ1) is 9.61. The van der Waals surface area contributed by atoms with Gasteiger partial charge in [-0.05, 0) is 19.3 Å². The van der Waals surface area contributed by atoms with E-state index in [1.54, 1.807) is 11.7 Å². The summed E-state index contributed by atoms with van der Waals surface area (Å²) in [5, 5.41) is 13.9. The highest BCUT2D eigenvalue weighted by Gasteiger charge is 2.26. The molecule has 1 aromatic heterocycles. The summed E-state index contributed by atoms with van der Waals surface area (Å²) in [6.45, 7) is 0.736. The van der Waals surface area contributed by atoms with E-state index in [4.69, 9.17) is 4.74 Å². The van der Waals surface area contributed by atoms with Gasteiger partial charge >= 0.3 is 0 Å². The van der Waals surface area contributed by atoms with Gasteiger partial charge in [0.05, 0.1) is 6.10 Å². The van der Waals surface area contributed by atoms with Crippen molar-refractivity contribution in [3.63, 3.8) is 0 Å². The van der Waals surface area contributed by atoms with Crippen molar-refractivity contribution in [2.75, 3.05) is 6.61 Å². The van der Waals surface area contributed by atoms with Crippen LogP contribution in [0.2, 0.25) is 0 Å². The number of aliphatic hydroxyl groups is 1. The van der Waals surface area contributed by atoms with Crippen molar-refractivity contribution in [3.8, 4) is 0 Å². The molecule has 1 aromatic rings. The van der Waals surface area contributed by atoms with Crippen molar-refractivity contribution in [2.45, 2.75) is 31.5 Å². The van der Waals surface area contributed by atoms with Crippen LogP contribution in [-0.4, -0.2) is 32.6 Å². The minimum absolute atomic E-state index is 0.119. The average molecular weight is 197 g/mol.